The number of nitrogens with one attached hydrogen (secondary N) is 1. The van der Waals surface area contributed by atoms with E-state index in [-0.39, 0.29) is 5.56 Å². The summed E-state index contributed by atoms with van der Waals surface area (Å²) in [5, 5.41) is 13.1. The fraction of sp³-hybridized carbons (Fsp3) is 0.0714. The molecule has 5 nitrogen and oxygen atoms in total. The van der Waals surface area contributed by atoms with Crippen molar-refractivity contribution in [3.05, 3.63) is 45.5 Å². The minimum atomic E-state index is -0.958. The molecule has 0 unspecified atom stereocenters. The quantitative estimate of drug-likeness (QED) is 0.728. The van der Waals surface area contributed by atoms with Crippen LogP contribution < -0.4 is 5.32 Å². The van der Waals surface area contributed by atoms with Crippen LogP contribution >= 0.6 is 27.3 Å². The van der Waals surface area contributed by atoms with Gasteiger partial charge in [0.2, 0.25) is 0 Å². The van der Waals surface area contributed by atoms with Crippen LogP contribution in [-0.2, 0) is 0 Å². The maximum absolute atomic E-state index is 10.9. The molecule has 0 spiro atoms. The standard InChI is InChI=1S/C14H10BrN3O2S/c1-7-4-9-12(16-6-17-13(9)21-7)18-11-3-2-8(14(19)20)5-10(11)15/h2-6H,1H3,(H,19,20)(H,16,17,18). The van der Waals surface area contributed by atoms with Gasteiger partial charge in [-0.1, -0.05) is 0 Å². The number of halogens is 1. The third kappa shape index (κ3) is 2.74. The van der Waals surface area contributed by atoms with E-state index in [0.29, 0.717) is 10.3 Å². The van der Waals surface area contributed by atoms with Crippen molar-refractivity contribution in [3.63, 3.8) is 0 Å². The Bertz CT molecular complexity index is 847. The van der Waals surface area contributed by atoms with Crippen LogP contribution in [0.5, 0.6) is 0 Å². The summed E-state index contributed by atoms with van der Waals surface area (Å²) in [6.45, 7) is 2.02. The van der Waals surface area contributed by atoms with Crippen molar-refractivity contribution in [1.82, 2.24) is 9.97 Å². The van der Waals surface area contributed by atoms with E-state index in [1.54, 1.807) is 29.5 Å². The zero-order valence-corrected chi connectivity index (χ0v) is 13.3. The number of thiophene rings is 1. The smallest absolute Gasteiger partial charge is 0.335 e. The largest absolute Gasteiger partial charge is 0.478 e. The van der Waals surface area contributed by atoms with Crippen LogP contribution in [0.1, 0.15) is 15.2 Å². The molecule has 0 bridgehead atoms. The predicted molar refractivity (Wildman–Crippen MR) is 86.5 cm³/mol. The van der Waals surface area contributed by atoms with Crippen LogP contribution in [0.2, 0.25) is 0 Å². The number of carboxylic acid groups (broad SMARTS) is 1. The predicted octanol–water partition coefficient (Wildman–Crippen LogP) is 4.20. The van der Waals surface area contributed by atoms with E-state index >= 15 is 0 Å². The topological polar surface area (TPSA) is 75.1 Å². The molecule has 0 fully saturated rings. The van der Waals surface area contributed by atoms with Gasteiger partial charge in [-0.25, -0.2) is 14.8 Å². The van der Waals surface area contributed by atoms with E-state index in [1.807, 2.05) is 13.0 Å². The van der Waals surface area contributed by atoms with Gasteiger partial charge in [0.1, 0.15) is 17.0 Å². The Morgan fingerprint density at radius 3 is 2.86 bits per heavy atom. The van der Waals surface area contributed by atoms with Gasteiger partial charge in [0.05, 0.1) is 16.6 Å². The molecule has 0 aliphatic carbocycles. The zero-order valence-electron chi connectivity index (χ0n) is 10.9. The summed E-state index contributed by atoms with van der Waals surface area (Å²) in [4.78, 5) is 21.5. The third-order valence-electron chi connectivity index (χ3n) is 2.92. The average Bonchev–Trinajstić information content (AvgIpc) is 2.82. The second kappa shape index (κ2) is 5.42. The van der Waals surface area contributed by atoms with Gasteiger partial charge in [0.15, 0.2) is 0 Å². The highest BCUT2D eigenvalue weighted by Gasteiger charge is 2.10. The first-order chi connectivity index (χ1) is 10.0. The van der Waals surface area contributed by atoms with E-state index in [1.165, 1.54) is 6.33 Å². The van der Waals surface area contributed by atoms with E-state index in [9.17, 15) is 4.79 Å². The van der Waals surface area contributed by atoms with Crippen LogP contribution in [0.25, 0.3) is 10.2 Å². The first-order valence-corrected chi connectivity index (χ1v) is 7.66. The molecule has 0 amide bonds. The second-order valence-corrected chi connectivity index (χ2v) is 6.51. The highest BCUT2D eigenvalue weighted by Crippen LogP contribution is 2.32. The fourth-order valence-corrected chi connectivity index (χ4v) is 3.28. The lowest BCUT2D eigenvalue weighted by Crippen LogP contribution is -1.99. The lowest BCUT2D eigenvalue weighted by atomic mass is 10.2. The molecule has 21 heavy (non-hydrogen) atoms. The number of nitrogens with zero attached hydrogens (tertiary/aromatic N) is 2. The summed E-state index contributed by atoms with van der Waals surface area (Å²) >= 11 is 4.98. The molecule has 0 saturated carbocycles. The summed E-state index contributed by atoms with van der Waals surface area (Å²) in [5.74, 6) is -0.256. The lowest BCUT2D eigenvalue weighted by molar-refractivity contribution is 0.0697. The molecule has 1 aromatic carbocycles. The van der Waals surface area contributed by atoms with Crippen molar-refractivity contribution < 1.29 is 9.90 Å². The highest BCUT2D eigenvalue weighted by atomic mass is 79.9. The van der Waals surface area contributed by atoms with E-state index in [2.05, 4.69) is 31.2 Å². The number of aromatic nitrogens is 2. The third-order valence-corrected chi connectivity index (χ3v) is 4.54. The Hall–Kier alpha value is -1.99. The maximum Gasteiger partial charge on any atom is 0.335 e. The van der Waals surface area contributed by atoms with E-state index in [0.717, 1.165) is 20.8 Å². The highest BCUT2D eigenvalue weighted by molar-refractivity contribution is 9.10. The molecule has 3 rings (SSSR count). The van der Waals surface area contributed by atoms with Gasteiger partial charge in [-0.3, -0.25) is 0 Å². The molecule has 3 aromatic rings. The van der Waals surface area contributed by atoms with Crippen LogP contribution in [0.3, 0.4) is 0 Å². The molecule has 7 heteroatoms. The number of anilines is 2. The Morgan fingerprint density at radius 1 is 1.33 bits per heavy atom. The molecular formula is C14H10BrN3O2S. The minimum Gasteiger partial charge on any atom is -0.478 e. The van der Waals surface area contributed by atoms with Crippen LogP contribution in [0.4, 0.5) is 11.5 Å². The fourth-order valence-electron chi connectivity index (χ4n) is 1.95. The summed E-state index contributed by atoms with van der Waals surface area (Å²) in [5.41, 5.74) is 0.982. The van der Waals surface area contributed by atoms with Gasteiger partial charge < -0.3 is 10.4 Å². The van der Waals surface area contributed by atoms with Gasteiger partial charge >= 0.3 is 5.97 Å². The molecule has 0 saturated heterocycles. The molecular weight excluding hydrogens is 354 g/mol. The molecule has 0 aliphatic heterocycles. The van der Waals surface area contributed by atoms with Crippen molar-refractivity contribution in [3.8, 4) is 0 Å². The molecule has 0 aliphatic rings. The number of hydrogen-bond donors (Lipinski definition) is 2. The Morgan fingerprint density at radius 2 is 2.14 bits per heavy atom. The first-order valence-electron chi connectivity index (χ1n) is 6.05. The molecule has 106 valence electrons. The molecule has 0 atom stereocenters. The van der Waals surface area contributed by atoms with Crippen molar-refractivity contribution in [1.29, 1.82) is 0 Å². The zero-order chi connectivity index (χ0) is 15.0. The molecule has 2 N–H and O–H groups in total. The minimum absolute atomic E-state index is 0.228. The molecule has 0 radical (unpaired) electrons. The Labute approximate surface area is 132 Å². The summed E-state index contributed by atoms with van der Waals surface area (Å²) in [7, 11) is 0. The van der Waals surface area contributed by atoms with Crippen molar-refractivity contribution >= 4 is 55.0 Å². The first kappa shape index (κ1) is 14.0. The van der Waals surface area contributed by atoms with E-state index in [4.69, 9.17) is 5.11 Å². The van der Waals surface area contributed by atoms with Crippen LogP contribution in [-0.4, -0.2) is 21.0 Å². The van der Waals surface area contributed by atoms with Crippen molar-refractivity contribution in [2.45, 2.75) is 6.92 Å². The van der Waals surface area contributed by atoms with Crippen molar-refractivity contribution in [2.24, 2.45) is 0 Å². The number of aromatic carboxylic acids is 1. The Balaban J connectivity index is 2.00. The lowest BCUT2D eigenvalue weighted by Gasteiger charge is -2.09. The number of carbonyl (C=O) groups is 1. The number of aryl methyl sites for hydroxylation is 1. The van der Waals surface area contributed by atoms with Gasteiger partial charge in [-0.15, -0.1) is 11.3 Å². The van der Waals surface area contributed by atoms with Gasteiger partial charge in [0.25, 0.3) is 0 Å². The molecule has 2 aromatic heterocycles. The van der Waals surface area contributed by atoms with Crippen LogP contribution in [0, 0.1) is 6.92 Å². The normalized spacial score (nSPS) is 10.8. The van der Waals surface area contributed by atoms with Crippen molar-refractivity contribution in [2.75, 3.05) is 5.32 Å². The van der Waals surface area contributed by atoms with E-state index < -0.39 is 5.97 Å². The summed E-state index contributed by atoms with van der Waals surface area (Å²) in [6, 6.07) is 6.84. The van der Waals surface area contributed by atoms with Gasteiger partial charge in [-0.2, -0.15) is 0 Å². The number of rotatable bonds is 3. The average molecular weight is 364 g/mol. The molecule has 2 heterocycles. The Kier molecular flexibility index (Phi) is 3.60. The monoisotopic (exact) mass is 363 g/mol. The van der Waals surface area contributed by atoms with Crippen LogP contribution in [0.15, 0.2) is 35.1 Å². The SMILES string of the molecule is Cc1cc2c(Nc3ccc(C(=O)O)cc3Br)ncnc2s1. The van der Waals surface area contributed by atoms with Gasteiger partial charge in [-0.05, 0) is 47.1 Å². The van der Waals surface area contributed by atoms with Gasteiger partial charge in [0, 0.05) is 9.35 Å². The number of carboxylic acids is 1. The number of benzene rings is 1. The number of hydrogen-bond acceptors (Lipinski definition) is 5. The second-order valence-electron chi connectivity index (χ2n) is 4.42. The maximum atomic E-state index is 10.9. The number of fused-ring (bicyclic) bond motifs is 1. The summed E-state index contributed by atoms with van der Waals surface area (Å²) < 4.78 is 0.668. The summed E-state index contributed by atoms with van der Waals surface area (Å²) in [6.07, 6.45) is 1.51.